The molecule has 2 nitrogen and oxygen atoms in total. The fourth-order valence-electron chi connectivity index (χ4n) is 0.897. The Balaban J connectivity index is 2.74. The molecule has 1 atom stereocenters. The van der Waals surface area contributed by atoms with E-state index in [4.69, 9.17) is 12.3 Å². The fraction of sp³-hybridized carbons (Fsp3) is 0.250. The van der Waals surface area contributed by atoms with Gasteiger partial charge in [0.1, 0.15) is 0 Å². The summed E-state index contributed by atoms with van der Waals surface area (Å²) in [6.45, 7) is 0. The lowest BCUT2D eigenvalue weighted by molar-refractivity contribution is 0.570. The summed E-state index contributed by atoms with van der Waals surface area (Å²) in [7, 11) is 0. The largest absolute Gasteiger partial charge is 0.271 e. The van der Waals surface area contributed by atoms with Crippen LogP contribution in [0.4, 0.5) is 0 Å². The maximum absolute atomic E-state index is 5.34. The normalized spacial score (nSPS) is 12.4. The van der Waals surface area contributed by atoms with Crippen molar-refractivity contribution >= 4 is 27.3 Å². The van der Waals surface area contributed by atoms with E-state index in [-0.39, 0.29) is 6.04 Å². The molecular weight excluding hydrogens is 236 g/mol. The minimum Gasteiger partial charge on any atom is -0.271 e. The molecule has 1 aromatic rings. The number of rotatable bonds is 3. The van der Waals surface area contributed by atoms with Crippen LogP contribution in [0.2, 0.25) is 0 Å². The summed E-state index contributed by atoms with van der Waals surface area (Å²) in [5.41, 5.74) is 3.81. The summed E-state index contributed by atoms with van der Waals surface area (Å²) in [6.07, 6.45) is 5.81. The van der Waals surface area contributed by atoms with Crippen LogP contribution in [0.1, 0.15) is 18.0 Å². The van der Waals surface area contributed by atoms with Crippen LogP contribution in [0.15, 0.2) is 15.2 Å². The molecule has 0 saturated heterocycles. The van der Waals surface area contributed by atoms with Gasteiger partial charge in [0.15, 0.2) is 0 Å². The van der Waals surface area contributed by atoms with Gasteiger partial charge in [-0.3, -0.25) is 11.3 Å². The van der Waals surface area contributed by atoms with Gasteiger partial charge in [-0.2, -0.15) is 0 Å². The molecule has 1 aromatic heterocycles. The predicted molar refractivity (Wildman–Crippen MR) is 55.5 cm³/mol. The molecule has 0 radical (unpaired) electrons. The van der Waals surface area contributed by atoms with Crippen molar-refractivity contribution in [3.63, 3.8) is 0 Å². The lowest BCUT2D eigenvalue weighted by atomic mass is 10.1. The average molecular weight is 245 g/mol. The van der Waals surface area contributed by atoms with Crippen molar-refractivity contribution in [3.8, 4) is 12.3 Å². The number of nitrogens with one attached hydrogen (secondary N) is 1. The van der Waals surface area contributed by atoms with Crippen LogP contribution in [-0.4, -0.2) is 0 Å². The number of thiophene rings is 1. The van der Waals surface area contributed by atoms with Crippen molar-refractivity contribution < 1.29 is 0 Å². The second kappa shape index (κ2) is 4.63. The number of hydrogen-bond donors (Lipinski definition) is 2. The highest BCUT2D eigenvalue weighted by molar-refractivity contribution is 9.11. The highest BCUT2D eigenvalue weighted by Crippen LogP contribution is 2.26. The number of hydrogen-bond acceptors (Lipinski definition) is 3. The van der Waals surface area contributed by atoms with Crippen LogP contribution in [0.3, 0.4) is 0 Å². The van der Waals surface area contributed by atoms with E-state index in [2.05, 4.69) is 27.3 Å². The Morgan fingerprint density at radius 3 is 3.00 bits per heavy atom. The molecule has 0 bridgehead atoms. The molecule has 12 heavy (non-hydrogen) atoms. The van der Waals surface area contributed by atoms with Gasteiger partial charge in [0.05, 0.1) is 9.83 Å². The third-order valence-electron chi connectivity index (χ3n) is 1.51. The zero-order valence-electron chi connectivity index (χ0n) is 6.38. The maximum Gasteiger partial charge on any atom is 0.0701 e. The van der Waals surface area contributed by atoms with Crippen molar-refractivity contribution in [1.29, 1.82) is 0 Å². The van der Waals surface area contributed by atoms with Gasteiger partial charge in [0.2, 0.25) is 0 Å². The molecule has 0 aliphatic rings. The SMILES string of the molecule is C#CCC(NN)c1csc(Br)c1. The van der Waals surface area contributed by atoms with E-state index in [0.717, 1.165) is 9.35 Å². The zero-order chi connectivity index (χ0) is 8.97. The summed E-state index contributed by atoms with van der Waals surface area (Å²) in [4.78, 5) is 0. The molecular formula is C8H9BrN2S. The van der Waals surface area contributed by atoms with Crippen LogP contribution >= 0.6 is 27.3 Å². The summed E-state index contributed by atoms with van der Waals surface area (Å²) in [5.74, 6) is 7.92. The topological polar surface area (TPSA) is 38.0 Å². The highest BCUT2D eigenvalue weighted by atomic mass is 79.9. The summed E-state index contributed by atoms with van der Waals surface area (Å²) >= 11 is 5.01. The average Bonchev–Trinajstić information content (AvgIpc) is 2.47. The Labute approximate surface area is 84.3 Å². The molecule has 0 aromatic carbocycles. The first-order valence-corrected chi connectivity index (χ1v) is 5.08. The quantitative estimate of drug-likeness (QED) is 0.486. The van der Waals surface area contributed by atoms with E-state index in [1.54, 1.807) is 11.3 Å². The van der Waals surface area contributed by atoms with Gasteiger partial charge in [-0.1, -0.05) is 0 Å². The van der Waals surface area contributed by atoms with Crippen LogP contribution < -0.4 is 11.3 Å². The monoisotopic (exact) mass is 244 g/mol. The maximum atomic E-state index is 5.34. The lowest BCUT2D eigenvalue weighted by Gasteiger charge is -2.09. The zero-order valence-corrected chi connectivity index (χ0v) is 8.78. The van der Waals surface area contributed by atoms with Crippen LogP contribution in [0.25, 0.3) is 0 Å². The Bertz CT molecular complexity index is 289. The smallest absolute Gasteiger partial charge is 0.0701 e. The molecule has 1 rings (SSSR count). The molecule has 64 valence electrons. The Morgan fingerprint density at radius 2 is 2.58 bits per heavy atom. The Kier molecular flexibility index (Phi) is 3.76. The van der Waals surface area contributed by atoms with E-state index in [1.807, 2.05) is 11.4 Å². The molecule has 0 amide bonds. The van der Waals surface area contributed by atoms with E-state index in [9.17, 15) is 0 Å². The second-order valence-electron chi connectivity index (χ2n) is 2.31. The second-order valence-corrected chi connectivity index (χ2v) is 4.60. The van der Waals surface area contributed by atoms with Crippen molar-refractivity contribution in [2.75, 3.05) is 0 Å². The van der Waals surface area contributed by atoms with Crippen LogP contribution in [0, 0.1) is 12.3 Å². The molecule has 0 aliphatic carbocycles. The molecule has 0 aliphatic heterocycles. The molecule has 0 spiro atoms. The van der Waals surface area contributed by atoms with Crippen molar-refractivity contribution in [2.24, 2.45) is 5.84 Å². The third-order valence-corrected chi connectivity index (χ3v) is 3.04. The standard InChI is InChI=1S/C8H9BrN2S/c1-2-3-7(11-10)6-4-8(9)12-5-6/h1,4-5,7,11H,3,10H2. The van der Waals surface area contributed by atoms with Crippen molar-refractivity contribution in [1.82, 2.24) is 5.43 Å². The van der Waals surface area contributed by atoms with Crippen LogP contribution in [0.5, 0.6) is 0 Å². The van der Waals surface area contributed by atoms with E-state index < -0.39 is 0 Å². The van der Waals surface area contributed by atoms with Gasteiger partial charge in [0.25, 0.3) is 0 Å². The van der Waals surface area contributed by atoms with Crippen molar-refractivity contribution in [3.05, 3.63) is 20.8 Å². The first-order valence-electron chi connectivity index (χ1n) is 3.41. The van der Waals surface area contributed by atoms with E-state index in [0.29, 0.717) is 6.42 Å². The van der Waals surface area contributed by atoms with Gasteiger partial charge >= 0.3 is 0 Å². The molecule has 1 heterocycles. The number of terminal acetylenes is 1. The van der Waals surface area contributed by atoms with Crippen molar-refractivity contribution in [2.45, 2.75) is 12.5 Å². The summed E-state index contributed by atoms with van der Waals surface area (Å²) < 4.78 is 1.09. The van der Waals surface area contributed by atoms with E-state index in [1.165, 1.54) is 0 Å². The Hall–Kier alpha value is -0.340. The van der Waals surface area contributed by atoms with Gasteiger partial charge in [-0.05, 0) is 32.9 Å². The van der Waals surface area contributed by atoms with Gasteiger partial charge in [0, 0.05) is 6.42 Å². The number of halogens is 1. The lowest BCUT2D eigenvalue weighted by Crippen LogP contribution is -2.27. The number of nitrogens with two attached hydrogens (primary N) is 1. The molecule has 0 fully saturated rings. The Morgan fingerprint density at radius 1 is 1.83 bits per heavy atom. The number of hydrazine groups is 1. The molecule has 4 heteroatoms. The predicted octanol–water partition coefficient (Wildman–Crippen LogP) is 2.04. The summed E-state index contributed by atoms with van der Waals surface area (Å²) in [6, 6.07) is 2.09. The first-order chi connectivity index (χ1) is 5.77. The summed E-state index contributed by atoms with van der Waals surface area (Å²) in [5, 5.41) is 2.03. The minimum absolute atomic E-state index is 0.0672. The van der Waals surface area contributed by atoms with E-state index >= 15 is 0 Å². The molecule has 0 saturated carbocycles. The highest BCUT2D eigenvalue weighted by Gasteiger charge is 2.09. The van der Waals surface area contributed by atoms with Gasteiger partial charge < -0.3 is 0 Å². The van der Waals surface area contributed by atoms with Gasteiger partial charge in [-0.25, -0.2) is 0 Å². The third kappa shape index (κ3) is 2.32. The minimum atomic E-state index is 0.0672. The fourth-order valence-corrected chi connectivity index (χ4v) is 2.13. The molecule has 1 unspecified atom stereocenters. The van der Waals surface area contributed by atoms with Gasteiger partial charge in [-0.15, -0.1) is 23.7 Å². The van der Waals surface area contributed by atoms with Crippen LogP contribution in [-0.2, 0) is 0 Å². The first kappa shape index (κ1) is 9.75. The molecule has 3 N–H and O–H groups in total.